The van der Waals surface area contributed by atoms with Crippen molar-refractivity contribution in [1.82, 2.24) is 0 Å². The van der Waals surface area contributed by atoms with E-state index in [-0.39, 0.29) is 6.04 Å². The molecule has 1 heteroatoms. The fraction of sp³-hybridized carbons (Fsp3) is 0.444. The lowest BCUT2D eigenvalue weighted by Crippen LogP contribution is -2.06. The van der Waals surface area contributed by atoms with Crippen molar-refractivity contribution >= 4 is 10.8 Å². The smallest absolute Gasteiger partial charge is 0.0309 e. The minimum absolute atomic E-state index is 0.222. The summed E-state index contributed by atoms with van der Waals surface area (Å²) in [5, 5.41) is 2.82. The van der Waals surface area contributed by atoms with Crippen LogP contribution in [0.4, 0.5) is 0 Å². The first-order valence-electron chi connectivity index (χ1n) is 7.48. The van der Waals surface area contributed by atoms with Crippen LogP contribution in [0.15, 0.2) is 24.3 Å². The van der Waals surface area contributed by atoms with Gasteiger partial charge in [0.15, 0.2) is 0 Å². The molecule has 4 rings (SSSR count). The second kappa shape index (κ2) is 3.83. The number of aryl methyl sites for hydroxylation is 1. The van der Waals surface area contributed by atoms with Crippen LogP contribution < -0.4 is 5.73 Å². The molecule has 1 nitrogen and oxygen atoms in total. The van der Waals surface area contributed by atoms with Crippen molar-refractivity contribution in [2.24, 2.45) is 5.73 Å². The Bertz CT molecular complexity index is 667. The summed E-state index contributed by atoms with van der Waals surface area (Å²) in [4.78, 5) is 0. The van der Waals surface area contributed by atoms with E-state index in [9.17, 15) is 0 Å². The van der Waals surface area contributed by atoms with E-state index in [1.54, 1.807) is 0 Å². The molecular formula is C18H21N. The van der Waals surface area contributed by atoms with Gasteiger partial charge in [-0.1, -0.05) is 31.2 Å². The van der Waals surface area contributed by atoms with Crippen LogP contribution in [0.25, 0.3) is 10.8 Å². The second-order valence-corrected chi connectivity index (χ2v) is 6.52. The Morgan fingerprint density at radius 3 is 2.63 bits per heavy atom. The average molecular weight is 251 g/mol. The predicted molar refractivity (Wildman–Crippen MR) is 80.6 cm³/mol. The quantitative estimate of drug-likeness (QED) is 0.791. The van der Waals surface area contributed by atoms with Gasteiger partial charge in [-0.05, 0) is 71.0 Å². The maximum atomic E-state index is 6.36. The first-order valence-corrected chi connectivity index (χ1v) is 7.48. The zero-order chi connectivity index (χ0) is 13.1. The van der Waals surface area contributed by atoms with Gasteiger partial charge in [0, 0.05) is 6.04 Å². The number of hydrogen-bond donors (Lipinski definition) is 1. The van der Waals surface area contributed by atoms with Gasteiger partial charge in [0.05, 0.1) is 0 Å². The Balaban J connectivity index is 2.01. The predicted octanol–water partition coefficient (Wildman–Crippen LogP) is 4.53. The van der Waals surface area contributed by atoms with Gasteiger partial charge < -0.3 is 5.73 Å². The van der Waals surface area contributed by atoms with Gasteiger partial charge in [0.2, 0.25) is 0 Å². The van der Waals surface area contributed by atoms with Crippen molar-refractivity contribution in [3.63, 3.8) is 0 Å². The zero-order valence-electron chi connectivity index (χ0n) is 11.7. The Hall–Kier alpha value is -1.34. The fourth-order valence-corrected chi connectivity index (χ4v) is 3.79. The Kier molecular flexibility index (Phi) is 2.32. The molecule has 98 valence electrons. The van der Waals surface area contributed by atoms with Crippen molar-refractivity contribution < 1.29 is 0 Å². The molecule has 0 radical (unpaired) electrons. The van der Waals surface area contributed by atoms with Crippen LogP contribution in [0.5, 0.6) is 0 Å². The van der Waals surface area contributed by atoms with E-state index in [1.165, 1.54) is 45.9 Å². The average Bonchev–Trinajstić information content (AvgIpc) is 3.18. The second-order valence-electron chi connectivity index (χ2n) is 6.52. The Morgan fingerprint density at radius 2 is 1.89 bits per heavy atom. The van der Waals surface area contributed by atoms with Crippen LogP contribution in [0.3, 0.4) is 0 Å². The molecule has 19 heavy (non-hydrogen) atoms. The molecule has 1 fully saturated rings. The zero-order valence-corrected chi connectivity index (χ0v) is 11.7. The molecule has 2 aromatic carbocycles. The molecule has 0 amide bonds. The normalized spacial score (nSPS) is 25.8. The monoisotopic (exact) mass is 251 g/mol. The van der Waals surface area contributed by atoms with E-state index in [1.807, 2.05) is 0 Å². The van der Waals surface area contributed by atoms with Gasteiger partial charge in [-0.3, -0.25) is 0 Å². The van der Waals surface area contributed by atoms with E-state index in [2.05, 4.69) is 38.1 Å². The third-order valence-corrected chi connectivity index (χ3v) is 5.00. The van der Waals surface area contributed by atoms with Gasteiger partial charge in [-0.15, -0.1) is 0 Å². The topological polar surface area (TPSA) is 26.0 Å². The van der Waals surface area contributed by atoms with Crippen molar-refractivity contribution in [3.8, 4) is 0 Å². The molecule has 0 saturated heterocycles. The van der Waals surface area contributed by atoms with Crippen LogP contribution in [0.1, 0.15) is 66.3 Å². The number of fused-ring (bicyclic) bond motifs is 3. The summed E-state index contributed by atoms with van der Waals surface area (Å²) in [7, 11) is 0. The summed E-state index contributed by atoms with van der Waals surface area (Å²) in [6, 6.07) is 9.67. The van der Waals surface area contributed by atoms with Gasteiger partial charge in [0.25, 0.3) is 0 Å². The van der Waals surface area contributed by atoms with Crippen molar-refractivity contribution in [2.75, 3.05) is 0 Å². The summed E-state index contributed by atoms with van der Waals surface area (Å²) < 4.78 is 0. The fourth-order valence-electron chi connectivity index (χ4n) is 3.79. The van der Waals surface area contributed by atoms with Crippen LogP contribution in [0, 0.1) is 6.92 Å². The molecule has 0 aromatic heterocycles. The first-order chi connectivity index (χ1) is 9.15. The Labute approximate surface area is 114 Å². The largest absolute Gasteiger partial charge is 0.324 e. The summed E-state index contributed by atoms with van der Waals surface area (Å²) in [5.41, 5.74) is 12.2. The molecule has 1 saturated carbocycles. The molecule has 0 aliphatic heterocycles. The molecule has 2 atom stereocenters. The standard InChI is InChI=1S/C18H21N/c1-10-7-16-11(2)8-17(19)18(16)14-6-5-13(9-15(10)14)12-3-4-12/h5-7,9,11-12,17H,3-4,8,19H2,1-2H3/t11-,17-/m0/s1. The lowest BCUT2D eigenvalue weighted by atomic mass is 9.92. The summed E-state index contributed by atoms with van der Waals surface area (Å²) >= 11 is 0. The van der Waals surface area contributed by atoms with Gasteiger partial charge >= 0.3 is 0 Å². The summed E-state index contributed by atoms with van der Waals surface area (Å²) in [6.45, 7) is 4.55. The molecular weight excluding hydrogens is 230 g/mol. The number of nitrogens with two attached hydrogens (primary N) is 1. The van der Waals surface area contributed by atoms with E-state index in [4.69, 9.17) is 5.73 Å². The molecule has 0 unspecified atom stereocenters. The molecule has 0 bridgehead atoms. The van der Waals surface area contributed by atoms with Gasteiger partial charge in [0.1, 0.15) is 0 Å². The van der Waals surface area contributed by atoms with Crippen molar-refractivity contribution in [1.29, 1.82) is 0 Å². The summed E-state index contributed by atoms with van der Waals surface area (Å²) in [5.74, 6) is 1.43. The molecule has 2 aromatic rings. The maximum absolute atomic E-state index is 6.36. The highest BCUT2D eigenvalue weighted by Gasteiger charge is 2.29. The third kappa shape index (κ3) is 1.64. The molecule has 2 aliphatic rings. The third-order valence-electron chi connectivity index (χ3n) is 5.00. The molecule has 0 spiro atoms. The minimum Gasteiger partial charge on any atom is -0.324 e. The van der Waals surface area contributed by atoms with E-state index < -0.39 is 0 Å². The first kappa shape index (κ1) is 11.5. The van der Waals surface area contributed by atoms with Gasteiger partial charge in [-0.25, -0.2) is 0 Å². The minimum atomic E-state index is 0.222. The van der Waals surface area contributed by atoms with Crippen molar-refractivity contribution in [2.45, 2.75) is 51.0 Å². The maximum Gasteiger partial charge on any atom is 0.0309 e. The summed E-state index contributed by atoms with van der Waals surface area (Å²) in [6.07, 6.45) is 3.83. The van der Waals surface area contributed by atoms with Crippen molar-refractivity contribution in [3.05, 3.63) is 46.5 Å². The lowest BCUT2D eigenvalue weighted by Gasteiger charge is -2.14. The molecule has 0 heterocycles. The lowest BCUT2D eigenvalue weighted by molar-refractivity contribution is 0.641. The molecule has 2 N–H and O–H groups in total. The van der Waals surface area contributed by atoms with E-state index in [0.717, 1.165) is 12.3 Å². The molecule has 2 aliphatic carbocycles. The highest BCUT2D eigenvalue weighted by atomic mass is 14.7. The van der Waals surface area contributed by atoms with E-state index in [0.29, 0.717) is 5.92 Å². The SMILES string of the molecule is Cc1cc2c(c3ccc(C4CC4)cc13)[C@@H](N)C[C@@H]2C. The van der Waals surface area contributed by atoms with E-state index >= 15 is 0 Å². The van der Waals surface area contributed by atoms with Crippen LogP contribution >= 0.6 is 0 Å². The van der Waals surface area contributed by atoms with Gasteiger partial charge in [-0.2, -0.15) is 0 Å². The highest BCUT2D eigenvalue weighted by molar-refractivity contribution is 5.91. The van der Waals surface area contributed by atoms with Crippen LogP contribution in [-0.4, -0.2) is 0 Å². The highest BCUT2D eigenvalue weighted by Crippen LogP contribution is 2.46. The van der Waals surface area contributed by atoms with Crippen LogP contribution in [0.2, 0.25) is 0 Å². The number of benzene rings is 2. The number of rotatable bonds is 1. The number of hydrogen-bond acceptors (Lipinski definition) is 1. The van der Waals surface area contributed by atoms with Crippen LogP contribution in [-0.2, 0) is 0 Å². The Morgan fingerprint density at radius 1 is 1.11 bits per heavy atom.